The maximum absolute atomic E-state index is 12.4. The molecule has 1 aliphatic heterocycles. The van der Waals surface area contributed by atoms with Gasteiger partial charge in [0.05, 0.1) is 6.04 Å². The molecule has 1 saturated heterocycles. The first-order valence-corrected chi connectivity index (χ1v) is 10.6. The standard InChI is InChI=1S/C16H29N3O2S2/c1-13(2)18(4)23(20,21)17-12-15(16-6-5-11-22-16)19-9-7-14(3)8-10-19/h5-6,11,13-15,17H,7-10,12H2,1-4H3/t15-/m1/s1. The third-order valence-corrected chi connectivity index (χ3v) is 7.38. The highest BCUT2D eigenvalue weighted by molar-refractivity contribution is 7.87. The van der Waals surface area contributed by atoms with Crippen molar-refractivity contribution in [2.24, 2.45) is 5.92 Å². The summed E-state index contributed by atoms with van der Waals surface area (Å²) in [6, 6.07) is 4.21. The molecule has 1 N–H and O–H groups in total. The first-order chi connectivity index (χ1) is 10.8. The van der Waals surface area contributed by atoms with Crippen LogP contribution < -0.4 is 4.72 Å². The molecule has 0 amide bonds. The Morgan fingerprint density at radius 2 is 2.04 bits per heavy atom. The van der Waals surface area contributed by atoms with Gasteiger partial charge in [-0.05, 0) is 57.1 Å². The van der Waals surface area contributed by atoms with Gasteiger partial charge >= 0.3 is 0 Å². The Labute approximate surface area is 144 Å². The smallest absolute Gasteiger partial charge is 0.279 e. The number of hydrogen-bond acceptors (Lipinski definition) is 4. The van der Waals surface area contributed by atoms with Crippen molar-refractivity contribution in [3.05, 3.63) is 22.4 Å². The van der Waals surface area contributed by atoms with Gasteiger partial charge in [-0.3, -0.25) is 4.90 Å². The topological polar surface area (TPSA) is 52.7 Å². The number of nitrogens with one attached hydrogen (secondary N) is 1. The van der Waals surface area contributed by atoms with E-state index in [4.69, 9.17) is 0 Å². The quantitative estimate of drug-likeness (QED) is 0.814. The second kappa shape index (κ2) is 8.07. The second-order valence-electron chi connectivity index (χ2n) is 6.71. The minimum Gasteiger partial charge on any atom is -0.294 e. The summed E-state index contributed by atoms with van der Waals surface area (Å²) >= 11 is 1.70. The van der Waals surface area contributed by atoms with Crippen LogP contribution in [0.1, 0.15) is 44.5 Å². The highest BCUT2D eigenvalue weighted by Crippen LogP contribution is 2.29. The first kappa shape index (κ1) is 18.9. The van der Waals surface area contributed by atoms with E-state index in [9.17, 15) is 8.42 Å². The van der Waals surface area contributed by atoms with Crippen molar-refractivity contribution in [2.45, 2.75) is 45.7 Å². The van der Waals surface area contributed by atoms with Gasteiger partial charge in [0, 0.05) is 24.5 Å². The number of thiophene rings is 1. The fraction of sp³-hybridized carbons (Fsp3) is 0.750. The molecule has 2 rings (SSSR count). The molecule has 1 atom stereocenters. The number of piperidine rings is 1. The van der Waals surface area contributed by atoms with E-state index in [0.29, 0.717) is 6.54 Å². The molecular formula is C16H29N3O2S2. The lowest BCUT2D eigenvalue weighted by Gasteiger charge is -2.36. The summed E-state index contributed by atoms with van der Waals surface area (Å²) in [4.78, 5) is 3.65. The Kier molecular flexibility index (Phi) is 6.62. The molecule has 23 heavy (non-hydrogen) atoms. The maximum atomic E-state index is 12.4. The van der Waals surface area contributed by atoms with E-state index < -0.39 is 10.2 Å². The number of nitrogens with zero attached hydrogens (tertiary/aromatic N) is 2. The van der Waals surface area contributed by atoms with Crippen LogP contribution >= 0.6 is 11.3 Å². The SMILES string of the molecule is CC1CCN([C@H](CNS(=O)(=O)N(C)C(C)C)c2cccs2)CC1. The predicted octanol–water partition coefficient (Wildman–Crippen LogP) is 2.70. The van der Waals surface area contributed by atoms with Gasteiger partial charge in [-0.25, -0.2) is 4.72 Å². The molecule has 0 aromatic carbocycles. The monoisotopic (exact) mass is 359 g/mol. The largest absolute Gasteiger partial charge is 0.294 e. The van der Waals surface area contributed by atoms with E-state index in [-0.39, 0.29) is 12.1 Å². The summed E-state index contributed by atoms with van der Waals surface area (Å²) in [5.41, 5.74) is 0. The zero-order valence-electron chi connectivity index (χ0n) is 14.5. The van der Waals surface area contributed by atoms with E-state index in [1.165, 1.54) is 22.0 Å². The third-order valence-electron chi connectivity index (χ3n) is 4.70. The predicted molar refractivity (Wildman–Crippen MR) is 96.9 cm³/mol. The molecule has 0 aliphatic carbocycles. The average molecular weight is 360 g/mol. The molecule has 0 bridgehead atoms. The minimum atomic E-state index is -3.43. The summed E-state index contributed by atoms with van der Waals surface area (Å²) in [6.07, 6.45) is 2.36. The first-order valence-electron chi connectivity index (χ1n) is 8.31. The van der Waals surface area contributed by atoms with Crippen LogP contribution in [0, 0.1) is 5.92 Å². The van der Waals surface area contributed by atoms with Crippen LogP contribution in [0.2, 0.25) is 0 Å². The van der Waals surface area contributed by atoms with E-state index >= 15 is 0 Å². The van der Waals surface area contributed by atoms with Crippen molar-refractivity contribution in [3.8, 4) is 0 Å². The minimum absolute atomic E-state index is 0.0523. The van der Waals surface area contributed by atoms with Crippen molar-refractivity contribution in [2.75, 3.05) is 26.7 Å². The molecule has 2 heterocycles. The van der Waals surface area contributed by atoms with Gasteiger partial charge in [0.2, 0.25) is 0 Å². The van der Waals surface area contributed by atoms with Crippen LogP contribution in [0.4, 0.5) is 0 Å². The highest BCUT2D eigenvalue weighted by Gasteiger charge is 2.28. The number of likely N-dealkylation sites (tertiary alicyclic amines) is 1. The lowest BCUT2D eigenvalue weighted by molar-refractivity contribution is 0.140. The summed E-state index contributed by atoms with van der Waals surface area (Å²) in [5.74, 6) is 0.763. The van der Waals surface area contributed by atoms with Crippen molar-refractivity contribution in [1.29, 1.82) is 0 Å². The fourth-order valence-electron chi connectivity index (χ4n) is 2.79. The maximum Gasteiger partial charge on any atom is 0.279 e. The van der Waals surface area contributed by atoms with E-state index in [2.05, 4.69) is 28.0 Å². The summed E-state index contributed by atoms with van der Waals surface area (Å²) in [6.45, 7) is 8.53. The molecule has 0 saturated carbocycles. The Morgan fingerprint density at radius 1 is 1.39 bits per heavy atom. The van der Waals surface area contributed by atoms with E-state index in [0.717, 1.165) is 19.0 Å². The van der Waals surface area contributed by atoms with Crippen molar-refractivity contribution >= 4 is 21.5 Å². The third kappa shape index (κ3) is 5.00. The molecule has 132 valence electrons. The van der Waals surface area contributed by atoms with Crippen molar-refractivity contribution in [3.63, 3.8) is 0 Å². The van der Waals surface area contributed by atoms with Gasteiger partial charge in [-0.1, -0.05) is 13.0 Å². The summed E-state index contributed by atoms with van der Waals surface area (Å²) in [5, 5.41) is 2.06. The van der Waals surface area contributed by atoms with E-state index in [1.807, 2.05) is 19.9 Å². The molecular weight excluding hydrogens is 330 g/mol. The van der Waals surface area contributed by atoms with Gasteiger partial charge in [-0.2, -0.15) is 12.7 Å². The zero-order chi connectivity index (χ0) is 17.0. The van der Waals surface area contributed by atoms with Crippen molar-refractivity contribution < 1.29 is 8.42 Å². The normalized spacial score (nSPS) is 19.6. The Morgan fingerprint density at radius 3 is 2.57 bits per heavy atom. The summed E-state index contributed by atoms with van der Waals surface area (Å²) < 4.78 is 28.9. The highest BCUT2D eigenvalue weighted by atomic mass is 32.2. The average Bonchev–Trinajstić information content (AvgIpc) is 3.02. The number of rotatable bonds is 7. The molecule has 1 aromatic rings. The van der Waals surface area contributed by atoms with Gasteiger partial charge in [0.15, 0.2) is 0 Å². The van der Waals surface area contributed by atoms with Gasteiger partial charge in [-0.15, -0.1) is 11.3 Å². The number of hydrogen-bond donors (Lipinski definition) is 1. The summed E-state index contributed by atoms with van der Waals surface area (Å²) in [7, 11) is -1.81. The van der Waals surface area contributed by atoms with E-state index in [1.54, 1.807) is 18.4 Å². The van der Waals surface area contributed by atoms with Gasteiger partial charge < -0.3 is 0 Å². The molecule has 1 aliphatic rings. The van der Waals surface area contributed by atoms with Gasteiger partial charge in [0.1, 0.15) is 0 Å². The zero-order valence-corrected chi connectivity index (χ0v) is 16.2. The lowest BCUT2D eigenvalue weighted by atomic mass is 9.97. The van der Waals surface area contributed by atoms with Crippen LogP contribution in [0.25, 0.3) is 0 Å². The Bertz CT molecular complexity index is 564. The van der Waals surface area contributed by atoms with Crippen molar-refractivity contribution in [1.82, 2.24) is 13.9 Å². The Balaban J connectivity index is 2.07. The molecule has 1 fully saturated rings. The molecule has 5 nitrogen and oxygen atoms in total. The van der Waals surface area contributed by atoms with Crippen LogP contribution in [0.15, 0.2) is 17.5 Å². The molecule has 0 radical (unpaired) electrons. The molecule has 0 unspecified atom stereocenters. The molecule has 1 aromatic heterocycles. The second-order valence-corrected chi connectivity index (χ2v) is 9.51. The van der Waals surface area contributed by atoms with Crippen LogP contribution in [-0.4, -0.2) is 50.3 Å². The molecule has 0 spiro atoms. The van der Waals surface area contributed by atoms with Crippen LogP contribution in [0.3, 0.4) is 0 Å². The van der Waals surface area contributed by atoms with Crippen LogP contribution in [-0.2, 0) is 10.2 Å². The Hall–Kier alpha value is -0.470. The van der Waals surface area contributed by atoms with Crippen LogP contribution in [0.5, 0.6) is 0 Å². The fourth-order valence-corrected chi connectivity index (χ4v) is 4.78. The molecule has 7 heteroatoms. The lowest BCUT2D eigenvalue weighted by Crippen LogP contribution is -2.46. The van der Waals surface area contributed by atoms with Gasteiger partial charge in [0.25, 0.3) is 10.2 Å².